The van der Waals surface area contributed by atoms with Crippen LogP contribution in [0.1, 0.15) is 6.92 Å². The summed E-state index contributed by atoms with van der Waals surface area (Å²) < 4.78 is 7.91. The SMILES string of the molecule is CC(=O)OC(Br)C(=O)OC(=O)C(Br)Br. The van der Waals surface area contributed by atoms with Crippen molar-refractivity contribution < 1.29 is 23.9 Å². The number of alkyl halides is 3. The third kappa shape index (κ3) is 5.71. The van der Waals surface area contributed by atoms with Gasteiger partial charge in [-0.3, -0.25) is 4.79 Å². The minimum Gasteiger partial charge on any atom is -0.439 e. The van der Waals surface area contributed by atoms with Crippen LogP contribution in [0.2, 0.25) is 0 Å². The van der Waals surface area contributed by atoms with Crippen molar-refractivity contribution in [3.05, 3.63) is 0 Å². The molecule has 0 aromatic carbocycles. The second kappa shape index (κ2) is 6.52. The molecule has 0 radical (unpaired) electrons. The van der Waals surface area contributed by atoms with Crippen LogP contribution in [0, 0.1) is 0 Å². The summed E-state index contributed by atoms with van der Waals surface area (Å²) in [7, 11) is 0. The van der Waals surface area contributed by atoms with Gasteiger partial charge in [-0.1, -0.05) is 31.9 Å². The van der Waals surface area contributed by atoms with E-state index in [4.69, 9.17) is 0 Å². The van der Waals surface area contributed by atoms with Gasteiger partial charge in [-0.15, -0.1) is 0 Å². The van der Waals surface area contributed by atoms with Crippen LogP contribution >= 0.6 is 47.8 Å². The van der Waals surface area contributed by atoms with Gasteiger partial charge in [0.25, 0.3) is 5.01 Å². The summed E-state index contributed by atoms with van der Waals surface area (Å²) in [4.78, 5) is 32.2. The Morgan fingerprint density at radius 3 is 1.93 bits per heavy atom. The van der Waals surface area contributed by atoms with Gasteiger partial charge in [-0.25, -0.2) is 9.59 Å². The van der Waals surface area contributed by atoms with E-state index in [-0.39, 0.29) is 0 Å². The molecule has 1 atom stereocenters. The summed E-state index contributed by atoms with van der Waals surface area (Å²) >= 11 is 8.39. The molecule has 8 heteroatoms. The molecule has 0 spiro atoms. The summed E-state index contributed by atoms with van der Waals surface area (Å²) in [6.45, 7) is 1.13. The van der Waals surface area contributed by atoms with E-state index < -0.39 is 26.7 Å². The van der Waals surface area contributed by atoms with E-state index in [9.17, 15) is 14.4 Å². The highest BCUT2D eigenvalue weighted by atomic mass is 79.9. The minimum absolute atomic E-state index is 0.662. The standard InChI is InChI=1S/C6H5Br3O5/c1-2(10)13-4(9)6(12)14-5(11)3(7)8/h3-4H,1H3. The van der Waals surface area contributed by atoms with Crippen molar-refractivity contribution >= 4 is 65.7 Å². The first-order chi connectivity index (χ1) is 6.34. The van der Waals surface area contributed by atoms with Crippen molar-refractivity contribution in [1.82, 2.24) is 0 Å². The van der Waals surface area contributed by atoms with Crippen molar-refractivity contribution in [1.29, 1.82) is 0 Å². The normalized spacial score (nSPS) is 12.1. The van der Waals surface area contributed by atoms with E-state index >= 15 is 0 Å². The van der Waals surface area contributed by atoms with Gasteiger partial charge in [0.15, 0.2) is 3.74 Å². The molecule has 0 N–H and O–H groups in total. The van der Waals surface area contributed by atoms with E-state index in [1.165, 1.54) is 0 Å². The quantitative estimate of drug-likeness (QED) is 0.410. The van der Waals surface area contributed by atoms with Crippen molar-refractivity contribution in [3.63, 3.8) is 0 Å². The molecule has 0 aliphatic rings. The van der Waals surface area contributed by atoms with Gasteiger partial charge in [0.05, 0.1) is 0 Å². The van der Waals surface area contributed by atoms with Crippen LogP contribution in [0.3, 0.4) is 0 Å². The molecule has 0 fully saturated rings. The molecule has 0 amide bonds. The van der Waals surface area contributed by atoms with Gasteiger partial charge < -0.3 is 9.47 Å². The summed E-state index contributed by atoms with van der Waals surface area (Å²) in [5.41, 5.74) is 0. The highest BCUT2D eigenvalue weighted by molar-refractivity contribution is 9.25. The molecule has 5 nitrogen and oxygen atoms in total. The monoisotopic (exact) mass is 394 g/mol. The van der Waals surface area contributed by atoms with E-state index in [1.807, 2.05) is 0 Å². The average Bonchev–Trinajstić information content (AvgIpc) is 2.02. The summed E-state index contributed by atoms with van der Waals surface area (Å²) in [6.07, 6.45) is 0. The third-order valence-corrected chi connectivity index (χ3v) is 2.14. The molecule has 80 valence electrons. The van der Waals surface area contributed by atoms with Gasteiger partial charge >= 0.3 is 17.9 Å². The molecule has 0 bridgehead atoms. The molecule has 0 aliphatic carbocycles. The fourth-order valence-corrected chi connectivity index (χ4v) is 0.927. The summed E-state index contributed by atoms with van der Waals surface area (Å²) in [5.74, 6) is -2.48. The van der Waals surface area contributed by atoms with Gasteiger partial charge in [-0.05, 0) is 15.9 Å². The first kappa shape index (κ1) is 14.1. The van der Waals surface area contributed by atoms with E-state index in [0.29, 0.717) is 0 Å². The van der Waals surface area contributed by atoms with Gasteiger partial charge in [0, 0.05) is 6.92 Å². The Morgan fingerprint density at radius 2 is 1.57 bits per heavy atom. The summed E-state index contributed by atoms with van der Waals surface area (Å²) in [6, 6.07) is 0. The number of esters is 3. The lowest BCUT2D eigenvalue weighted by Gasteiger charge is -2.08. The predicted molar refractivity (Wildman–Crippen MR) is 57.2 cm³/mol. The predicted octanol–water partition coefficient (Wildman–Crippen LogP) is 1.46. The molecular weight excluding hydrogens is 392 g/mol. The summed E-state index contributed by atoms with van der Waals surface area (Å²) in [5, 5.41) is -1.28. The van der Waals surface area contributed by atoms with Crippen LogP contribution in [-0.4, -0.2) is 26.7 Å². The van der Waals surface area contributed by atoms with Gasteiger partial charge in [0.1, 0.15) is 0 Å². The van der Waals surface area contributed by atoms with Crippen LogP contribution < -0.4 is 0 Å². The number of carbonyl (C=O) groups excluding carboxylic acids is 3. The maximum Gasteiger partial charge on any atom is 0.366 e. The fraction of sp³-hybridized carbons (Fsp3) is 0.500. The van der Waals surface area contributed by atoms with Gasteiger partial charge in [-0.2, -0.15) is 0 Å². The van der Waals surface area contributed by atoms with Crippen LogP contribution in [0.15, 0.2) is 0 Å². The molecule has 0 aromatic heterocycles. The fourth-order valence-electron chi connectivity index (χ4n) is 0.384. The highest BCUT2D eigenvalue weighted by Crippen LogP contribution is 2.12. The molecule has 0 aromatic rings. The Hall–Kier alpha value is 0.0500. The zero-order valence-corrected chi connectivity index (χ0v) is 11.6. The number of halogens is 3. The van der Waals surface area contributed by atoms with Crippen molar-refractivity contribution in [2.75, 3.05) is 0 Å². The Morgan fingerprint density at radius 1 is 1.07 bits per heavy atom. The molecular formula is C6H5Br3O5. The number of ether oxygens (including phenoxy) is 2. The molecule has 0 heterocycles. The van der Waals surface area contributed by atoms with Crippen molar-refractivity contribution in [2.45, 2.75) is 15.7 Å². The topological polar surface area (TPSA) is 69.7 Å². The maximum atomic E-state index is 11.0. The minimum atomic E-state index is -1.28. The lowest BCUT2D eigenvalue weighted by molar-refractivity contribution is -0.167. The molecule has 1 unspecified atom stereocenters. The van der Waals surface area contributed by atoms with Crippen molar-refractivity contribution in [2.24, 2.45) is 0 Å². The number of hydrogen-bond acceptors (Lipinski definition) is 5. The Labute approximate surface area is 105 Å². The van der Waals surface area contributed by atoms with Crippen LogP contribution in [0.25, 0.3) is 0 Å². The number of hydrogen-bond donors (Lipinski definition) is 0. The number of rotatable bonds is 3. The first-order valence-corrected chi connectivity index (χ1v) is 5.94. The molecule has 0 rings (SSSR count). The average molecular weight is 397 g/mol. The van der Waals surface area contributed by atoms with E-state index in [2.05, 4.69) is 57.3 Å². The zero-order valence-electron chi connectivity index (χ0n) is 6.83. The first-order valence-electron chi connectivity index (χ1n) is 3.19. The van der Waals surface area contributed by atoms with Crippen LogP contribution in [-0.2, 0) is 23.9 Å². The third-order valence-electron chi connectivity index (χ3n) is 0.834. The molecule has 14 heavy (non-hydrogen) atoms. The van der Waals surface area contributed by atoms with Gasteiger partial charge in [0.2, 0.25) is 0 Å². The second-order valence-electron chi connectivity index (χ2n) is 1.97. The van der Waals surface area contributed by atoms with E-state index in [0.717, 1.165) is 6.92 Å². The maximum absolute atomic E-state index is 11.0. The Bertz CT molecular complexity index is 252. The van der Waals surface area contributed by atoms with Crippen LogP contribution in [0.4, 0.5) is 0 Å². The largest absolute Gasteiger partial charge is 0.439 e. The van der Waals surface area contributed by atoms with Crippen LogP contribution in [0.5, 0.6) is 0 Å². The zero-order chi connectivity index (χ0) is 11.3. The van der Waals surface area contributed by atoms with E-state index in [1.54, 1.807) is 0 Å². The molecule has 0 saturated carbocycles. The second-order valence-corrected chi connectivity index (χ2v) is 5.86. The molecule has 0 aliphatic heterocycles. The highest BCUT2D eigenvalue weighted by Gasteiger charge is 2.24. The lowest BCUT2D eigenvalue weighted by atomic mass is 10.7. The van der Waals surface area contributed by atoms with Crippen molar-refractivity contribution in [3.8, 4) is 0 Å². The molecule has 0 saturated heterocycles. The Kier molecular flexibility index (Phi) is 6.54. The number of carbonyl (C=O) groups is 3. The smallest absolute Gasteiger partial charge is 0.366 e. The Balaban J connectivity index is 4.08. The lowest BCUT2D eigenvalue weighted by Crippen LogP contribution is -2.27.